The van der Waals surface area contributed by atoms with Crippen LogP contribution in [0.15, 0.2) is 72.8 Å². The number of benzene rings is 3. The van der Waals surface area contributed by atoms with E-state index >= 15 is 0 Å². The number of quaternary nitrogens is 2. The van der Waals surface area contributed by atoms with Crippen LogP contribution < -0.4 is 10.0 Å². The standard InChI is InChI=1S/C24H22BF3O3.2C16H36N/c26-21-10-4-18(5-11-21)24(19-6-12-22(27)13-7-19,20-8-14-23(28)15-9-20)16-2-1-3-17-31-25(29)30;2*1-5-9-13-17(14-10-6-2,15-11-7-3)16-12-8-4/h4-15H,1-3,16-17H2;2*5-16H2,1-4H3/q-2;2*+1. The minimum Gasteiger partial charge on any atom is -0.871 e. The van der Waals surface area contributed by atoms with Crippen molar-refractivity contribution >= 4 is 7.32 Å². The molecular formula is C56H94BF3N2O3. The molecule has 0 heterocycles. The van der Waals surface area contributed by atoms with Crippen molar-refractivity contribution in [1.29, 1.82) is 0 Å². The molecule has 0 unspecified atom stereocenters. The summed E-state index contributed by atoms with van der Waals surface area (Å²) in [6.45, 7) is 30.1. The summed E-state index contributed by atoms with van der Waals surface area (Å²) in [5, 5.41) is 21.0. The van der Waals surface area contributed by atoms with Gasteiger partial charge >= 0.3 is 0 Å². The van der Waals surface area contributed by atoms with Crippen molar-refractivity contribution in [1.82, 2.24) is 0 Å². The lowest BCUT2D eigenvalue weighted by atomic mass is 9.66. The molecule has 370 valence electrons. The van der Waals surface area contributed by atoms with Crippen molar-refractivity contribution in [2.75, 3.05) is 59.0 Å². The Balaban J connectivity index is 0.000000532. The van der Waals surface area contributed by atoms with Crippen LogP contribution in [0.3, 0.4) is 0 Å². The fraction of sp³-hybridized carbons (Fsp3) is 0.679. The lowest BCUT2D eigenvalue weighted by Crippen LogP contribution is -2.50. The van der Waals surface area contributed by atoms with Crippen LogP contribution in [0.5, 0.6) is 0 Å². The molecule has 0 N–H and O–H groups in total. The van der Waals surface area contributed by atoms with Crippen LogP contribution >= 0.6 is 0 Å². The second kappa shape index (κ2) is 36.4. The first-order valence-corrected chi connectivity index (χ1v) is 26.3. The lowest BCUT2D eigenvalue weighted by Gasteiger charge is -2.39. The maximum Gasteiger partial charge on any atom is 0.123 e. The summed E-state index contributed by atoms with van der Waals surface area (Å²) in [5.74, 6) is -1.13. The fourth-order valence-corrected chi connectivity index (χ4v) is 9.27. The average Bonchev–Trinajstić information content (AvgIpc) is 3.32. The normalized spacial score (nSPS) is 11.8. The van der Waals surface area contributed by atoms with Crippen molar-refractivity contribution < 1.29 is 36.8 Å². The van der Waals surface area contributed by atoms with Gasteiger partial charge in [-0.2, -0.15) is 0 Å². The van der Waals surface area contributed by atoms with Gasteiger partial charge < -0.3 is 23.7 Å². The molecule has 0 aliphatic carbocycles. The van der Waals surface area contributed by atoms with Gasteiger partial charge in [0.25, 0.3) is 0 Å². The maximum absolute atomic E-state index is 13.7. The molecule has 0 aromatic heterocycles. The van der Waals surface area contributed by atoms with Crippen LogP contribution in [0.2, 0.25) is 0 Å². The third kappa shape index (κ3) is 23.7. The minimum absolute atomic E-state index is 0.0777. The summed E-state index contributed by atoms with van der Waals surface area (Å²) in [6.07, 6.45) is 24.6. The first-order valence-electron chi connectivity index (χ1n) is 26.3. The Hall–Kier alpha value is -2.69. The molecule has 0 aliphatic heterocycles. The Morgan fingerprint density at radius 2 is 0.631 bits per heavy atom. The zero-order valence-electron chi connectivity index (χ0n) is 42.8. The molecule has 3 aromatic rings. The summed E-state index contributed by atoms with van der Waals surface area (Å²) in [7, 11) is -2.29. The van der Waals surface area contributed by atoms with Crippen molar-refractivity contribution in [2.24, 2.45) is 0 Å². The Morgan fingerprint density at radius 3 is 0.846 bits per heavy atom. The van der Waals surface area contributed by atoms with Gasteiger partial charge in [0.05, 0.1) is 59.7 Å². The van der Waals surface area contributed by atoms with Crippen LogP contribution in [-0.2, 0) is 10.1 Å². The average molecular weight is 911 g/mol. The van der Waals surface area contributed by atoms with E-state index in [4.69, 9.17) is 0 Å². The largest absolute Gasteiger partial charge is 0.871 e. The van der Waals surface area contributed by atoms with E-state index in [1.807, 2.05) is 0 Å². The maximum atomic E-state index is 13.7. The zero-order chi connectivity index (χ0) is 48.2. The van der Waals surface area contributed by atoms with E-state index in [0.717, 1.165) is 16.7 Å². The van der Waals surface area contributed by atoms with Gasteiger partial charge in [0.1, 0.15) is 17.5 Å². The van der Waals surface area contributed by atoms with Gasteiger partial charge in [0.15, 0.2) is 0 Å². The lowest BCUT2D eigenvalue weighted by molar-refractivity contribution is -0.929. The summed E-state index contributed by atoms with van der Waals surface area (Å²) in [6, 6.07) is 18.3. The monoisotopic (exact) mass is 911 g/mol. The van der Waals surface area contributed by atoms with E-state index in [1.54, 1.807) is 36.4 Å². The van der Waals surface area contributed by atoms with E-state index in [2.05, 4.69) is 60.0 Å². The summed E-state index contributed by atoms with van der Waals surface area (Å²) in [4.78, 5) is 0. The van der Waals surface area contributed by atoms with Gasteiger partial charge in [0, 0.05) is 12.0 Å². The van der Waals surface area contributed by atoms with Crippen molar-refractivity contribution in [3.05, 3.63) is 107 Å². The molecule has 0 saturated heterocycles. The van der Waals surface area contributed by atoms with E-state index in [0.29, 0.717) is 25.7 Å². The number of rotatable bonds is 34. The molecule has 5 nitrogen and oxygen atoms in total. The van der Waals surface area contributed by atoms with Crippen LogP contribution in [0.4, 0.5) is 13.2 Å². The topological polar surface area (TPSA) is 55.3 Å². The predicted molar refractivity (Wildman–Crippen MR) is 268 cm³/mol. The predicted octanol–water partition coefficient (Wildman–Crippen LogP) is 13.7. The third-order valence-electron chi connectivity index (χ3n) is 13.3. The Bertz CT molecular complexity index is 1320. The third-order valence-corrected chi connectivity index (χ3v) is 13.3. The molecule has 0 atom stereocenters. The first kappa shape index (κ1) is 60.3. The molecule has 0 aliphatic rings. The molecule has 0 bridgehead atoms. The van der Waals surface area contributed by atoms with Gasteiger partial charge in [-0.3, -0.25) is 0 Å². The summed E-state index contributed by atoms with van der Waals surface area (Å²) < 4.78 is 48.4. The molecule has 0 spiro atoms. The smallest absolute Gasteiger partial charge is 0.123 e. The van der Waals surface area contributed by atoms with Crippen LogP contribution in [0, 0.1) is 17.5 Å². The number of hydrogen-bond acceptors (Lipinski definition) is 3. The molecule has 3 aromatic carbocycles. The molecule has 65 heavy (non-hydrogen) atoms. The highest BCUT2D eigenvalue weighted by Gasteiger charge is 2.36. The van der Waals surface area contributed by atoms with Gasteiger partial charge in [-0.05, 0) is 117 Å². The Morgan fingerprint density at radius 1 is 0.385 bits per heavy atom. The zero-order valence-corrected chi connectivity index (χ0v) is 42.8. The summed E-state index contributed by atoms with van der Waals surface area (Å²) in [5.41, 5.74) is 1.61. The van der Waals surface area contributed by atoms with Gasteiger partial charge in [0.2, 0.25) is 0 Å². The second-order valence-electron chi connectivity index (χ2n) is 18.7. The SMILES string of the molecule is CCCC[N+](CCCC)(CCCC)CCCC.CCCC[N+](CCCC)(CCCC)CCCC.[O-]B([O-])OCCCCCC(c1ccc(F)cc1)(c1ccc(F)cc1)c1ccc(F)cc1. The van der Waals surface area contributed by atoms with Crippen LogP contribution in [0.1, 0.15) is 200 Å². The molecule has 0 radical (unpaired) electrons. The number of unbranched alkanes of at least 4 members (excludes halogenated alkanes) is 10. The van der Waals surface area contributed by atoms with Gasteiger partial charge in [-0.15, -0.1) is 0 Å². The Kier molecular flexibility index (Phi) is 33.8. The van der Waals surface area contributed by atoms with E-state index in [1.165, 1.54) is 200 Å². The second-order valence-corrected chi connectivity index (χ2v) is 18.7. The van der Waals surface area contributed by atoms with Gasteiger partial charge in [-0.1, -0.05) is 156 Å². The van der Waals surface area contributed by atoms with E-state index < -0.39 is 12.7 Å². The number of nitrogens with zero attached hydrogens (tertiary/aromatic N) is 2. The fourth-order valence-electron chi connectivity index (χ4n) is 9.27. The quantitative estimate of drug-likeness (QED) is 0.0260. The highest BCUT2D eigenvalue weighted by atomic mass is 19.1. The number of halogens is 3. The highest BCUT2D eigenvalue weighted by molar-refractivity contribution is 6.28. The minimum atomic E-state index is -2.29. The summed E-state index contributed by atoms with van der Waals surface area (Å²) >= 11 is 0. The van der Waals surface area contributed by atoms with Crippen LogP contribution in [-0.4, -0.2) is 75.3 Å². The van der Waals surface area contributed by atoms with Crippen molar-refractivity contribution in [3.63, 3.8) is 0 Å². The van der Waals surface area contributed by atoms with E-state index in [-0.39, 0.29) is 24.1 Å². The number of hydrogen-bond donors (Lipinski definition) is 0. The molecule has 0 saturated carbocycles. The Labute approximate surface area is 397 Å². The molecule has 9 heteroatoms. The molecule has 0 amide bonds. The van der Waals surface area contributed by atoms with Crippen molar-refractivity contribution in [2.45, 2.75) is 189 Å². The van der Waals surface area contributed by atoms with Crippen LogP contribution in [0.25, 0.3) is 0 Å². The van der Waals surface area contributed by atoms with Crippen molar-refractivity contribution in [3.8, 4) is 0 Å². The molecule has 3 rings (SSSR count). The molecule has 0 fully saturated rings. The highest BCUT2D eigenvalue weighted by Crippen LogP contribution is 2.44. The van der Waals surface area contributed by atoms with Gasteiger partial charge in [-0.25, -0.2) is 13.2 Å². The van der Waals surface area contributed by atoms with E-state index in [9.17, 15) is 23.2 Å². The molecular weight excluding hydrogens is 816 g/mol. The first-order chi connectivity index (χ1) is 31.4.